The van der Waals surface area contributed by atoms with E-state index in [1.54, 1.807) is 0 Å². The van der Waals surface area contributed by atoms with Crippen molar-refractivity contribution in [1.82, 2.24) is 4.57 Å². The molecule has 0 fully saturated rings. The maximum Gasteiger partial charge on any atom is 0.243 e. The number of imidazole rings is 1. The van der Waals surface area contributed by atoms with Crippen molar-refractivity contribution in [3.8, 4) is 0 Å². The molecular weight excluding hydrogens is 496 g/mol. The van der Waals surface area contributed by atoms with Gasteiger partial charge in [-0.15, -0.1) is 0 Å². The molecule has 242 valence electrons. The van der Waals surface area contributed by atoms with Crippen LogP contribution in [-0.2, 0) is 13.6 Å². The van der Waals surface area contributed by atoms with Gasteiger partial charge in [-0.3, -0.25) is 0 Å². The Balaban J connectivity index is 2.00. The summed E-state index contributed by atoms with van der Waals surface area (Å²) >= 11 is 0. The minimum atomic E-state index is 0.863. The van der Waals surface area contributed by atoms with Gasteiger partial charge in [0.2, 0.25) is 6.33 Å². The third-order valence-electron chi connectivity index (χ3n) is 9.47. The lowest BCUT2D eigenvalue weighted by Crippen LogP contribution is -2.24. The first-order chi connectivity index (χ1) is 20.3. The molecule has 1 heterocycles. The number of hydrogen-bond acceptors (Lipinski definition) is 0. The van der Waals surface area contributed by atoms with Gasteiger partial charge in [-0.2, -0.15) is 0 Å². The van der Waals surface area contributed by atoms with Crippen molar-refractivity contribution in [3.63, 3.8) is 0 Å². The summed E-state index contributed by atoms with van der Waals surface area (Å²) < 4.78 is 4.62. The lowest BCUT2D eigenvalue weighted by molar-refractivity contribution is -0.671. The second-order valence-electron chi connectivity index (χ2n) is 13.8. The smallest absolute Gasteiger partial charge is 0.240 e. The minimum absolute atomic E-state index is 0.863. The zero-order valence-electron chi connectivity index (χ0n) is 28.8. The van der Waals surface area contributed by atoms with E-state index in [2.05, 4.69) is 48.8 Å². The molecule has 1 rings (SSSR count). The molecule has 1 aromatic heterocycles. The normalized spacial score (nSPS) is 12.4. The van der Waals surface area contributed by atoms with Gasteiger partial charge >= 0.3 is 0 Å². The van der Waals surface area contributed by atoms with Crippen LogP contribution in [0.5, 0.6) is 0 Å². The molecular formula is C39H77N2+. The lowest BCUT2D eigenvalue weighted by atomic mass is 9.93. The second-order valence-corrected chi connectivity index (χ2v) is 13.8. The maximum atomic E-state index is 2.43. The van der Waals surface area contributed by atoms with Crippen molar-refractivity contribution in [3.05, 3.63) is 18.7 Å². The Labute approximate surface area is 259 Å². The van der Waals surface area contributed by atoms with Crippen LogP contribution in [0.2, 0.25) is 0 Å². The summed E-state index contributed by atoms with van der Waals surface area (Å²) in [5.74, 6) is 0.863. The van der Waals surface area contributed by atoms with E-state index in [-0.39, 0.29) is 0 Å². The summed E-state index contributed by atoms with van der Waals surface area (Å²) in [6.45, 7) is 5.84. The molecule has 0 amide bonds. The average Bonchev–Trinajstić information content (AvgIpc) is 3.39. The number of nitrogens with zero attached hydrogens (tertiary/aromatic N) is 2. The molecule has 0 aliphatic heterocycles. The SMILES string of the molecule is CCCCCCCCCCCCCCCCCC(CCCCCCCCCCCCCCCC)Cn1cc[n+](C)c1. The molecule has 0 aromatic carbocycles. The Morgan fingerprint density at radius 3 is 1.00 bits per heavy atom. The van der Waals surface area contributed by atoms with Crippen molar-refractivity contribution in [1.29, 1.82) is 0 Å². The number of hydrogen-bond donors (Lipinski definition) is 0. The molecule has 0 saturated heterocycles. The summed E-state index contributed by atoms with van der Waals surface area (Å²) in [4.78, 5) is 0. The summed E-state index contributed by atoms with van der Waals surface area (Å²) in [6, 6.07) is 0. The lowest BCUT2D eigenvalue weighted by Gasteiger charge is -2.15. The topological polar surface area (TPSA) is 8.81 Å². The monoisotopic (exact) mass is 574 g/mol. The standard InChI is InChI=1S/C39H77N2/c1-4-6-8-10-12-14-16-18-20-22-24-26-28-30-32-34-39(37-41-36-35-40(3)38-41)33-31-29-27-25-23-21-19-17-15-13-11-9-7-5-2/h35-36,38-39H,4-34,37H2,1-3H3/q+1. The van der Waals surface area contributed by atoms with E-state index < -0.39 is 0 Å². The summed E-state index contributed by atoms with van der Waals surface area (Å²) in [5.41, 5.74) is 0. The zero-order valence-corrected chi connectivity index (χ0v) is 28.8. The highest BCUT2D eigenvalue weighted by atomic mass is 15.1. The van der Waals surface area contributed by atoms with Crippen molar-refractivity contribution < 1.29 is 4.57 Å². The van der Waals surface area contributed by atoms with Crippen LogP contribution >= 0.6 is 0 Å². The van der Waals surface area contributed by atoms with E-state index >= 15 is 0 Å². The van der Waals surface area contributed by atoms with E-state index in [0.717, 1.165) is 5.92 Å². The Bertz CT molecular complexity index is 621. The van der Waals surface area contributed by atoms with Crippen molar-refractivity contribution in [2.75, 3.05) is 0 Å². The number of rotatable bonds is 33. The fourth-order valence-electron chi connectivity index (χ4n) is 6.67. The van der Waals surface area contributed by atoms with Gasteiger partial charge in [0.25, 0.3) is 0 Å². The molecule has 0 saturated carbocycles. The van der Waals surface area contributed by atoms with Crippen LogP contribution in [0.15, 0.2) is 18.7 Å². The summed E-state index contributed by atoms with van der Waals surface area (Å²) in [6.07, 6.45) is 51.9. The Kier molecular flexibility index (Phi) is 28.6. The van der Waals surface area contributed by atoms with Crippen LogP contribution in [0.25, 0.3) is 0 Å². The van der Waals surface area contributed by atoms with E-state index in [1.165, 1.54) is 206 Å². The molecule has 1 atom stereocenters. The molecule has 0 bridgehead atoms. The van der Waals surface area contributed by atoms with Crippen LogP contribution in [0.1, 0.15) is 213 Å². The molecule has 0 aliphatic carbocycles. The molecule has 0 spiro atoms. The largest absolute Gasteiger partial charge is 0.243 e. The maximum absolute atomic E-state index is 2.43. The van der Waals surface area contributed by atoms with E-state index in [1.807, 2.05) is 0 Å². The Morgan fingerprint density at radius 2 is 0.732 bits per heavy atom. The Morgan fingerprint density at radius 1 is 0.439 bits per heavy atom. The highest BCUT2D eigenvalue weighted by Crippen LogP contribution is 2.22. The van der Waals surface area contributed by atoms with E-state index in [4.69, 9.17) is 0 Å². The third kappa shape index (κ3) is 26.6. The van der Waals surface area contributed by atoms with Crippen LogP contribution in [-0.4, -0.2) is 4.57 Å². The van der Waals surface area contributed by atoms with Crippen molar-refractivity contribution >= 4 is 0 Å². The first kappa shape index (κ1) is 38.2. The van der Waals surface area contributed by atoms with E-state index in [9.17, 15) is 0 Å². The summed E-state index contributed by atoms with van der Waals surface area (Å²) in [5, 5.41) is 0. The molecule has 2 nitrogen and oxygen atoms in total. The highest BCUT2D eigenvalue weighted by Gasteiger charge is 2.13. The van der Waals surface area contributed by atoms with Crippen LogP contribution in [0, 0.1) is 5.92 Å². The van der Waals surface area contributed by atoms with Gasteiger partial charge in [0.05, 0.1) is 13.6 Å². The number of unbranched alkanes of at least 4 members (excludes halogenated alkanes) is 27. The van der Waals surface area contributed by atoms with Gasteiger partial charge < -0.3 is 0 Å². The number of aromatic nitrogens is 2. The molecule has 0 radical (unpaired) electrons. The fourth-order valence-corrected chi connectivity index (χ4v) is 6.67. The van der Waals surface area contributed by atoms with Crippen LogP contribution in [0.3, 0.4) is 0 Å². The van der Waals surface area contributed by atoms with Gasteiger partial charge in [0.15, 0.2) is 0 Å². The predicted octanol–water partition coefficient (Wildman–Crippen LogP) is 13.1. The second kappa shape index (κ2) is 30.7. The molecule has 2 heteroatoms. The van der Waals surface area contributed by atoms with Crippen molar-refractivity contribution in [2.24, 2.45) is 13.0 Å². The van der Waals surface area contributed by atoms with E-state index in [0.29, 0.717) is 0 Å². The molecule has 0 aliphatic rings. The molecule has 41 heavy (non-hydrogen) atoms. The average molecular weight is 574 g/mol. The van der Waals surface area contributed by atoms with Gasteiger partial charge in [-0.25, -0.2) is 9.13 Å². The summed E-state index contributed by atoms with van der Waals surface area (Å²) in [7, 11) is 2.15. The van der Waals surface area contributed by atoms with Crippen molar-refractivity contribution in [2.45, 2.75) is 219 Å². The third-order valence-corrected chi connectivity index (χ3v) is 9.47. The molecule has 1 unspecified atom stereocenters. The zero-order chi connectivity index (χ0) is 29.5. The molecule has 0 N–H and O–H groups in total. The van der Waals surface area contributed by atoms with Crippen LogP contribution < -0.4 is 4.57 Å². The first-order valence-electron chi connectivity index (χ1n) is 19.3. The fraction of sp³-hybridized carbons (Fsp3) is 0.923. The van der Waals surface area contributed by atoms with Gasteiger partial charge in [-0.05, 0) is 18.8 Å². The highest BCUT2D eigenvalue weighted by molar-refractivity contribution is 4.70. The van der Waals surface area contributed by atoms with Crippen LogP contribution in [0.4, 0.5) is 0 Å². The van der Waals surface area contributed by atoms with Gasteiger partial charge in [0.1, 0.15) is 12.4 Å². The molecule has 1 aromatic rings. The van der Waals surface area contributed by atoms with Gasteiger partial charge in [0, 0.05) is 0 Å². The Hall–Kier alpha value is -0.790. The van der Waals surface area contributed by atoms with Gasteiger partial charge in [-0.1, -0.05) is 200 Å². The predicted molar refractivity (Wildman–Crippen MR) is 184 cm³/mol. The first-order valence-corrected chi connectivity index (χ1v) is 19.3. The minimum Gasteiger partial charge on any atom is -0.240 e. The quantitative estimate of drug-likeness (QED) is 0.0584. The number of aryl methyl sites for hydroxylation is 1.